The molecule has 4 nitrogen and oxygen atoms in total. The van der Waals surface area contributed by atoms with Gasteiger partial charge < -0.3 is 10.0 Å². The first-order valence-corrected chi connectivity index (χ1v) is 6.81. The number of carbonyl (C=O) groups excluding carboxylic acids is 1. The number of aliphatic carboxylic acids is 1. The topological polar surface area (TPSA) is 57.6 Å². The van der Waals surface area contributed by atoms with Gasteiger partial charge in [-0.1, -0.05) is 43.7 Å². The first-order chi connectivity index (χ1) is 9.25. The predicted octanol–water partition coefficient (Wildman–Crippen LogP) is 2.87. The quantitative estimate of drug-likeness (QED) is 0.900. The summed E-state index contributed by atoms with van der Waals surface area (Å²) in [5.41, 5.74) is 2.21. The van der Waals surface area contributed by atoms with Crippen molar-refractivity contribution in [2.45, 2.75) is 33.7 Å². The van der Waals surface area contributed by atoms with E-state index in [-0.39, 0.29) is 11.9 Å². The Labute approximate surface area is 120 Å². The number of amides is 1. The van der Waals surface area contributed by atoms with Crippen molar-refractivity contribution in [3.63, 3.8) is 0 Å². The van der Waals surface area contributed by atoms with Crippen molar-refractivity contribution < 1.29 is 14.7 Å². The van der Waals surface area contributed by atoms with Crippen molar-refractivity contribution in [1.29, 1.82) is 0 Å². The van der Waals surface area contributed by atoms with Crippen LogP contribution in [0.2, 0.25) is 0 Å². The summed E-state index contributed by atoms with van der Waals surface area (Å²) in [6, 6.07) is 7.93. The van der Waals surface area contributed by atoms with Crippen LogP contribution in [-0.4, -0.2) is 28.9 Å². The fourth-order valence-electron chi connectivity index (χ4n) is 2.01. The molecule has 0 aliphatic carbocycles. The highest BCUT2D eigenvalue weighted by Gasteiger charge is 2.30. The maximum Gasteiger partial charge on any atom is 0.307 e. The summed E-state index contributed by atoms with van der Waals surface area (Å²) < 4.78 is 0. The van der Waals surface area contributed by atoms with Crippen molar-refractivity contribution in [1.82, 2.24) is 4.90 Å². The number of benzene rings is 1. The van der Waals surface area contributed by atoms with E-state index in [4.69, 9.17) is 5.11 Å². The molecular formula is C16H23NO3. The van der Waals surface area contributed by atoms with Gasteiger partial charge >= 0.3 is 5.97 Å². The molecule has 0 spiro atoms. The van der Waals surface area contributed by atoms with Gasteiger partial charge in [-0.2, -0.15) is 0 Å². The van der Waals surface area contributed by atoms with Crippen molar-refractivity contribution >= 4 is 11.9 Å². The average molecular weight is 277 g/mol. The van der Waals surface area contributed by atoms with Gasteiger partial charge in [-0.05, 0) is 19.4 Å². The molecule has 0 bridgehead atoms. The van der Waals surface area contributed by atoms with E-state index in [1.807, 2.05) is 38.1 Å². The highest BCUT2D eigenvalue weighted by Crippen LogP contribution is 2.23. The first kappa shape index (κ1) is 16.2. The van der Waals surface area contributed by atoms with Crippen LogP contribution in [0.1, 0.15) is 37.9 Å². The van der Waals surface area contributed by atoms with Crippen molar-refractivity contribution in [2.75, 3.05) is 7.05 Å². The van der Waals surface area contributed by atoms with Crippen LogP contribution < -0.4 is 0 Å². The Morgan fingerprint density at radius 1 is 1.05 bits per heavy atom. The molecule has 0 heterocycles. The third-order valence-electron chi connectivity index (χ3n) is 4.02. The molecule has 1 aromatic rings. The molecule has 4 heteroatoms. The standard InChI is InChI=1S/C16H23NO3/c1-10-6-8-14(9-7-10)13(4)17(5)15(18)11(2)12(3)16(19)20/h6-9,11-13H,1-5H3,(H,19,20). The van der Waals surface area contributed by atoms with E-state index >= 15 is 0 Å². The van der Waals surface area contributed by atoms with E-state index in [0.29, 0.717) is 0 Å². The van der Waals surface area contributed by atoms with Crippen LogP contribution in [0.4, 0.5) is 0 Å². The van der Waals surface area contributed by atoms with E-state index < -0.39 is 17.8 Å². The maximum absolute atomic E-state index is 12.3. The Morgan fingerprint density at radius 2 is 1.55 bits per heavy atom. The van der Waals surface area contributed by atoms with Gasteiger partial charge in [0, 0.05) is 13.0 Å². The number of nitrogens with zero attached hydrogens (tertiary/aromatic N) is 1. The van der Waals surface area contributed by atoms with Gasteiger partial charge in [-0.25, -0.2) is 0 Å². The minimum absolute atomic E-state index is 0.0773. The second kappa shape index (κ2) is 6.55. The first-order valence-electron chi connectivity index (χ1n) is 6.81. The van der Waals surface area contributed by atoms with Gasteiger partial charge in [0.05, 0.1) is 12.0 Å². The molecule has 0 aliphatic heterocycles. The van der Waals surface area contributed by atoms with Crippen LogP contribution in [0.15, 0.2) is 24.3 Å². The number of carboxylic acids is 1. The molecule has 0 aliphatic rings. The number of carboxylic acid groups (broad SMARTS) is 1. The molecule has 0 saturated carbocycles. The fourth-order valence-corrected chi connectivity index (χ4v) is 2.01. The molecule has 1 amide bonds. The van der Waals surface area contributed by atoms with Crippen molar-refractivity contribution in [3.8, 4) is 0 Å². The lowest BCUT2D eigenvalue weighted by atomic mass is 9.94. The summed E-state index contributed by atoms with van der Waals surface area (Å²) >= 11 is 0. The minimum Gasteiger partial charge on any atom is -0.481 e. The minimum atomic E-state index is -0.942. The summed E-state index contributed by atoms with van der Waals surface area (Å²) in [6.07, 6.45) is 0. The zero-order chi connectivity index (χ0) is 15.4. The molecule has 1 aromatic carbocycles. The second-order valence-corrected chi connectivity index (χ2v) is 5.45. The predicted molar refractivity (Wildman–Crippen MR) is 78.3 cm³/mol. The highest BCUT2D eigenvalue weighted by molar-refractivity contribution is 5.84. The number of carbonyl (C=O) groups is 2. The lowest BCUT2D eigenvalue weighted by Crippen LogP contribution is -2.38. The third kappa shape index (κ3) is 3.59. The second-order valence-electron chi connectivity index (χ2n) is 5.45. The molecule has 110 valence electrons. The molecule has 0 radical (unpaired) electrons. The van der Waals surface area contributed by atoms with Gasteiger partial charge in [0.25, 0.3) is 0 Å². The monoisotopic (exact) mass is 277 g/mol. The van der Waals surface area contributed by atoms with Gasteiger partial charge in [0.1, 0.15) is 0 Å². The molecule has 3 atom stereocenters. The Morgan fingerprint density at radius 3 is 2.00 bits per heavy atom. The number of hydrogen-bond acceptors (Lipinski definition) is 2. The number of rotatable bonds is 5. The van der Waals surface area contributed by atoms with Crippen LogP contribution >= 0.6 is 0 Å². The zero-order valence-electron chi connectivity index (χ0n) is 12.8. The number of aryl methyl sites for hydroxylation is 1. The van der Waals surface area contributed by atoms with E-state index in [9.17, 15) is 9.59 Å². The SMILES string of the molecule is Cc1ccc(C(C)N(C)C(=O)C(C)C(C)C(=O)O)cc1. The summed E-state index contributed by atoms with van der Waals surface area (Å²) in [6.45, 7) is 7.19. The zero-order valence-corrected chi connectivity index (χ0v) is 12.8. The third-order valence-corrected chi connectivity index (χ3v) is 4.02. The van der Waals surface area contributed by atoms with Crippen molar-refractivity contribution in [3.05, 3.63) is 35.4 Å². The Bertz CT molecular complexity index is 481. The molecule has 1 rings (SSSR count). The summed E-state index contributed by atoms with van der Waals surface area (Å²) in [4.78, 5) is 24.9. The average Bonchev–Trinajstić information content (AvgIpc) is 2.44. The van der Waals surface area contributed by atoms with E-state index in [2.05, 4.69) is 0 Å². The van der Waals surface area contributed by atoms with E-state index in [0.717, 1.165) is 5.56 Å². The van der Waals surface area contributed by atoms with Gasteiger partial charge in [0.15, 0.2) is 0 Å². The van der Waals surface area contributed by atoms with Crippen molar-refractivity contribution in [2.24, 2.45) is 11.8 Å². The van der Waals surface area contributed by atoms with Crippen LogP contribution in [-0.2, 0) is 9.59 Å². The summed E-state index contributed by atoms with van der Waals surface area (Å²) in [5.74, 6) is -2.31. The molecule has 1 N–H and O–H groups in total. The van der Waals surface area contributed by atoms with Crippen LogP contribution in [0, 0.1) is 18.8 Å². The Hall–Kier alpha value is -1.84. The van der Waals surface area contributed by atoms with E-state index in [1.54, 1.807) is 25.8 Å². The molecule has 0 aromatic heterocycles. The summed E-state index contributed by atoms with van der Waals surface area (Å²) in [5, 5.41) is 9.00. The molecule has 3 unspecified atom stereocenters. The van der Waals surface area contributed by atoms with Gasteiger partial charge in [-0.15, -0.1) is 0 Å². The normalized spacial score (nSPS) is 15.2. The smallest absolute Gasteiger partial charge is 0.307 e. The van der Waals surface area contributed by atoms with Crippen LogP contribution in [0.5, 0.6) is 0 Å². The summed E-state index contributed by atoms with van der Waals surface area (Å²) in [7, 11) is 1.72. The van der Waals surface area contributed by atoms with E-state index in [1.165, 1.54) is 5.56 Å². The molecular weight excluding hydrogens is 254 g/mol. The molecule has 0 saturated heterocycles. The number of hydrogen-bond donors (Lipinski definition) is 1. The largest absolute Gasteiger partial charge is 0.481 e. The Balaban J connectivity index is 2.83. The fraction of sp³-hybridized carbons (Fsp3) is 0.500. The van der Waals surface area contributed by atoms with Gasteiger partial charge in [-0.3, -0.25) is 9.59 Å². The van der Waals surface area contributed by atoms with Crippen LogP contribution in [0.25, 0.3) is 0 Å². The molecule has 20 heavy (non-hydrogen) atoms. The van der Waals surface area contributed by atoms with Gasteiger partial charge in [0.2, 0.25) is 5.91 Å². The highest BCUT2D eigenvalue weighted by atomic mass is 16.4. The lowest BCUT2D eigenvalue weighted by Gasteiger charge is -2.29. The molecule has 0 fully saturated rings. The Kier molecular flexibility index (Phi) is 5.31. The lowest BCUT2D eigenvalue weighted by molar-refractivity contribution is -0.149. The van der Waals surface area contributed by atoms with Crippen LogP contribution in [0.3, 0.4) is 0 Å². The maximum atomic E-state index is 12.3.